The molecule has 0 bridgehead atoms. The fraction of sp³-hybridized carbons (Fsp3) is 0.545. The summed E-state index contributed by atoms with van der Waals surface area (Å²) in [7, 11) is -3.59. The molecule has 1 aromatic carbocycles. The van der Waals surface area contributed by atoms with E-state index in [9.17, 15) is 8.42 Å². The van der Waals surface area contributed by atoms with Crippen molar-refractivity contribution in [1.29, 1.82) is 0 Å². The van der Waals surface area contributed by atoms with Crippen LogP contribution >= 0.6 is 23.4 Å². The van der Waals surface area contributed by atoms with Crippen LogP contribution in [0.4, 0.5) is 0 Å². The first-order chi connectivity index (χ1) is 15.5. The second-order valence-electron chi connectivity index (χ2n) is 8.17. The molecule has 0 unspecified atom stereocenters. The molecule has 7 nitrogen and oxygen atoms in total. The molecule has 2 aliphatic rings. The predicted molar refractivity (Wildman–Crippen MR) is 127 cm³/mol. The van der Waals surface area contributed by atoms with Crippen molar-refractivity contribution in [3.05, 3.63) is 35.9 Å². The number of rotatable bonds is 7. The van der Waals surface area contributed by atoms with Crippen LogP contribution in [0.25, 0.3) is 11.4 Å². The van der Waals surface area contributed by atoms with Crippen molar-refractivity contribution in [2.24, 2.45) is 0 Å². The molecule has 1 saturated carbocycles. The number of morpholine rings is 1. The Labute approximate surface area is 199 Å². The molecule has 2 aromatic rings. The number of benzene rings is 1. The minimum atomic E-state index is -3.59. The number of hydrogen-bond acceptors (Lipinski definition) is 6. The molecule has 1 aliphatic heterocycles. The minimum absolute atomic E-state index is 0.274. The van der Waals surface area contributed by atoms with E-state index in [1.165, 1.54) is 41.8 Å². The van der Waals surface area contributed by atoms with Gasteiger partial charge >= 0.3 is 0 Å². The monoisotopic (exact) mass is 496 g/mol. The lowest BCUT2D eigenvalue weighted by molar-refractivity contribution is 0.0730. The topological polar surface area (TPSA) is 77.3 Å². The molecule has 0 N–H and O–H groups in total. The summed E-state index contributed by atoms with van der Waals surface area (Å²) >= 11 is 7.53. The maximum atomic E-state index is 13.2. The lowest BCUT2D eigenvalue weighted by atomic mass is 10.1. The fourth-order valence-electron chi connectivity index (χ4n) is 4.29. The average molecular weight is 497 g/mol. The average Bonchev–Trinajstić information content (AvgIpc) is 3.04. The Hall–Kier alpha value is -1.39. The number of aromatic nitrogens is 3. The molecule has 174 valence electrons. The van der Waals surface area contributed by atoms with Gasteiger partial charge in [0, 0.05) is 35.5 Å². The lowest BCUT2D eigenvalue weighted by Crippen LogP contribution is -2.40. The van der Waals surface area contributed by atoms with Gasteiger partial charge in [-0.25, -0.2) is 8.42 Å². The normalized spacial score (nSPS) is 19.0. The zero-order chi connectivity index (χ0) is 22.6. The summed E-state index contributed by atoms with van der Waals surface area (Å²) < 4.78 is 35.4. The summed E-state index contributed by atoms with van der Waals surface area (Å²) in [6, 6.07) is 7.34. The van der Waals surface area contributed by atoms with Crippen molar-refractivity contribution in [2.45, 2.75) is 54.6 Å². The van der Waals surface area contributed by atoms with Crippen molar-refractivity contribution >= 4 is 33.4 Å². The maximum Gasteiger partial charge on any atom is 0.243 e. The highest BCUT2D eigenvalue weighted by atomic mass is 35.5. The molecule has 4 rings (SSSR count). The number of thioether (sulfide) groups is 1. The highest BCUT2D eigenvalue weighted by molar-refractivity contribution is 7.99. The Morgan fingerprint density at radius 1 is 1.16 bits per heavy atom. The Kier molecular flexibility index (Phi) is 7.94. The van der Waals surface area contributed by atoms with Crippen molar-refractivity contribution in [3.8, 4) is 11.4 Å². The molecule has 0 amide bonds. The predicted octanol–water partition coefficient (Wildman–Crippen LogP) is 4.71. The standard InChI is InChI=1S/C22H29ClN4O3S2/c1-17(23)16-31-22-25-24-21(27(22)19-8-4-2-3-5-9-19)18-7-6-10-20(15-18)32(28,29)26-11-13-30-14-12-26/h6-7,10,15,19H,1-5,8-9,11-14,16H2. The molecule has 0 atom stereocenters. The molecule has 2 heterocycles. The van der Waals surface area contributed by atoms with Crippen LogP contribution in [-0.2, 0) is 14.8 Å². The van der Waals surface area contributed by atoms with Crippen molar-refractivity contribution in [3.63, 3.8) is 0 Å². The van der Waals surface area contributed by atoms with E-state index >= 15 is 0 Å². The van der Waals surface area contributed by atoms with Gasteiger partial charge < -0.3 is 4.74 Å². The van der Waals surface area contributed by atoms with Gasteiger partial charge in [-0.2, -0.15) is 4.31 Å². The van der Waals surface area contributed by atoms with Crippen molar-refractivity contribution < 1.29 is 13.2 Å². The first-order valence-corrected chi connectivity index (χ1v) is 13.9. The van der Waals surface area contributed by atoms with Crippen LogP contribution in [0.3, 0.4) is 0 Å². The largest absolute Gasteiger partial charge is 0.379 e. The fourth-order valence-corrected chi connectivity index (χ4v) is 6.67. The van der Waals surface area contributed by atoms with E-state index in [-0.39, 0.29) is 10.9 Å². The molecule has 1 aromatic heterocycles. The summed E-state index contributed by atoms with van der Waals surface area (Å²) in [5, 5.41) is 10.3. The summed E-state index contributed by atoms with van der Waals surface area (Å²) in [5.41, 5.74) is 0.757. The summed E-state index contributed by atoms with van der Waals surface area (Å²) in [4.78, 5) is 0.274. The lowest BCUT2D eigenvalue weighted by Gasteiger charge is -2.26. The first-order valence-electron chi connectivity index (χ1n) is 11.1. The third kappa shape index (κ3) is 5.39. The molecule has 0 radical (unpaired) electrons. The maximum absolute atomic E-state index is 13.2. The second kappa shape index (κ2) is 10.7. The zero-order valence-electron chi connectivity index (χ0n) is 18.1. The third-order valence-corrected chi connectivity index (χ3v) is 9.13. The molecule has 1 aliphatic carbocycles. The van der Waals surface area contributed by atoms with Crippen LogP contribution < -0.4 is 0 Å². The molecule has 10 heteroatoms. The van der Waals surface area contributed by atoms with Crippen LogP contribution in [0.15, 0.2) is 45.9 Å². The second-order valence-corrected chi connectivity index (χ2v) is 11.6. The van der Waals surface area contributed by atoms with E-state index in [0.29, 0.717) is 42.9 Å². The van der Waals surface area contributed by atoms with Crippen molar-refractivity contribution in [1.82, 2.24) is 19.1 Å². The highest BCUT2D eigenvalue weighted by Gasteiger charge is 2.28. The van der Waals surface area contributed by atoms with E-state index < -0.39 is 10.0 Å². The Bertz CT molecular complexity index is 1040. The smallest absolute Gasteiger partial charge is 0.243 e. The van der Waals surface area contributed by atoms with E-state index in [1.54, 1.807) is 18.2 Å². The van der Waals surface area contributed by atoms with Crippen LogP contribution in [0.2, 0.25) is 0 Å². The first kappa shape index (κ1) is 23.8. The van der Waals surface area contributed by atoms with E-state index in [1.807, 2.05) is 6.07 Å². The van der Waals surface area contributed by atoms with Gasteiger partial charge in [-0.1, -0.05) is 67.8 Å². The minimum Gasteiger partial charge on any atom is -0.379 e. The van der Waals surface area contributed by atoms with Gasteiger partial charge in [-0.3, -0.25) is 4.57 Å². The summed E-state index contributed by atoms with van der Waals surface area (Å²) in [5.74, 6) is 1.26. The van der Waals surface area contributed by atoms with Crippen molar-refractivity contribution in [2.75, 3.05) is 32.1 Å². The molecule has 0 spiro atoms. The van der Waals surface area contributed by atoms with Gasteiger partial charge in [0.05, 0.1) is 18.1 Å². The molecular formula is C22H29ClN4O3S2. The Balaban J connectivity index is 1.71. The van der Waals surface area contributed by atoms with Crippen LogP contribution in [0.5, 0.6) is 0 Å². The Morgan fingerprint density at radius 2 is 1.88 bits per heavy atom. The van der Waals surface area contributed by atoms with Gasteiger partial charge in [0.1, 0.15) is 0 Å². The number of nitrogens with zero attached hydrogens (tertiary/aromatic N) is 4. The van der Waals surface area contributed by atoms with Crippen LogP contribution in [0.1, 0.15) is 44.6 Å². The summed E-state index contributed by atoms with van der Waals surface area (Å²) in [6.07, 6.45) is 6.93. The summed E-state index contributed by atoms with van der Waals surface area (Å²) in [6.45, 7) is 5.36. The number of halogens is 1. The van der Waals surface area contributed by atoms with Gasteiger partial charge in [0.15, 0.2) is 11.0 Å². The van der Waals surface area contributed by atoms with E-state index in [0.717, 1.165) is 23.6 Å². The van der Waals surface area contributed by atoms with Gasteiger partial charge in [0.2, 0.25) is 10.0 Å². The zero-order valence-corrected chi connectivity index (χ0v) is 20.5. The number of hydrogen-bond donors (Lipinski definition) is 0. The van der Waals surface area contributed by atoms with Gasteiger partial charge in [0.25, 0.3) is 0 Å². The molecule has 32 heavy (non-hydrogen) atoms. The SMILES string of the molecule is C=C(Cl)CSc1nnc(-c2cccc(S(=O)(=O)N3CCOCC3)c2)n1C1CCCCCC1. The number of sulfonamides is 1. The van der Waals surface area contributed by atoms with Crippen LogP contribution in [0, 0.1) is 0 Å². The van der Waals surface area contributed by atoms with Gasteiger partial charge in [-0.15, -0.1) is 10.2 Å². The highest BCUT2D eigenvalue weighted by Crippen LogP contribution is 2.36. The molecule has 2 fully saturated rings. The van der Waals surface area contributed by atoms with E-state index in [4.69, 9.17) is 16.3 Å². The molecule has 1 saturated heterocycles. The van der Waals surface area contributed by atoms with Gasteiger partial charge in [-0.05, 0) is 25.0 Å². The molecular weight excluding hydrogens is 468 g/mol. The van der Waals surface area contributed by atoms with E-state index in [2.05, 4.69) is 21.3 Å². The van der Waals surface area contributed by atoms with Crippen LogP contribution in [-0.4, -0.2) is 59.5 Å². The quantitative estimate of drug-likeness (QED) is 0.408. The third-order valence-electron chi connectivity index (χ3n) is 5.91. The number of ether oxygens (including phenoxy) is 1. The Morgan fingerprint density at radius 3 is 2.56 bits per heavy atom.